The van der Waals surface area contributed by atoms with E-state index in [4.69, 9.17) is 9.26 Å². The topological polar surface area (TPSA) is 81.4 Å². The second-order valence-corrected chi connectivity index (χ2v) is 6.30. The molecule has 3 heterocycles. The molecule has 0 radical (unpaired) electrons. The third-order valence-corrected chi connectivity index (χ3v) is 4.39. The Bertz CT molecular complexity index is 692. The first-order valence-electron chi connectivity index (χ1n) is 8.15. The number of aromatic nitrogens is 3. The second-order valence-electron chi connectivity index (χ2n) is 6.30. The fourth-order valence-electron chi connectivity index (χ4n) is 2.88. The Morgan fingerprint density at radius 3 is 2.83 bits per heavy atom. The van der Waals surface area contributed by atoms with Crippen molar-refractivity contribution in [3.8, 4) is 5.88 Å². The first kappa shape index (κ1) is 16.4. The molecule has 0 aliphatic carbocycles. The van der Waals surface area contributed by atoms with Gasteiger partial charge in [-0.1, -0.05) is 5.16 Å². The zero-order chi connectivity index (χ0) is 17.1. The summed E-state index contributed by atoms with van der Waals surface area (Å²) in [5, 5.41) is 11.9. The maximum absolute atomic E-state index is 12.5. The van der Waals surface area contributed by atoms with Gasteiger partial charge in [0.2, 0.25) is 11.8 Å². The van der Waals surface area contributed by atoms with Crippen LogP contribution in [0.4, 0.5) is 0 Å². The van der Waals surface area contributed by atoms with Crippen LogP contribution in [0.15, 0.2) is 16.7 Å². The van der Waals surface area contributed by atoms with Crippen LogP contribution in [-0.4, -0.2) is 45.9 Å². The molecule has 0 spiro atoms. The van der Waals surface area contributed by atoms with E-state index in [2.05, 4.69) is 15.4 Å². The van der Waals surface area contributed by atoms with Gasteiger partial charge in [-0.15, -0.1) is 5.10 Å². The highest BCUT2D eigenvalue weighted by Gasteiger charge is 2.28. The van der Waals surface area contributed by atoms with Crippen molar-refractivity contribution in [1.82, 2.24) is 20.3 Å². The zero-order valence-corrected chi connectivity index (χ0v) is 14.3. The number of aryl methyl sites for hydroxylation is 3. The number of carbonyl (C=O) groups excluding carboxylic acids is 1. The van der Waals surface area contributed by atoms with E-state index in [-0.39, 0.29) is 5.91 Å². The van der Waals surface area contributed by atoms with Gasteiger partial charge in [-0.2, -0.15) is 5.10 Å². The van der Waals surface area contributed by atoms with E-state index in [0.29, 0.717) is 31.4 Å². The predicted octanol–water partition coefficient (Wildman–Crippen LogP) is 1.86. The molecular formula is C17H22N4O3. The Hall–Kier alpha value is -2.44. The van der Waals surface area contributed by atoms with Crippen LogP contribution in [0.3, 0.4) is 0 Å². The van der Waals surface area contributed by atoms with Gasteiger partial charge in [0, 0.05) is 30.6 Å². The molecule has 1 amide bonds. The zero-order valence-electron chi connectivity index (χ0n) is 14.3. The molecule has 128 valence electrons. The molecule has 0 N–H and O–H groups in total. The van der Waals surface area contributed by atoms with Crippen molar-refractivity contribution in [1.29, 1.82) is 0 Å². The molecule has 2 aromatic heterocycles. The van der Waals surface area contributed by atoms with Crippen LogP contribution < -0.4 is 4.74 Å². The Balaban J connectivity index is 1.49. The van der Waals surface area contributed by atoms with Gasteiger partial charge in [-0.25, -0.2) is 0 Å². The lowest BCUT2D eigenvalue weighted by Gasteiger charge is -2.16. The van der Waals surface area contributed by atoms with Crippen LogP contribution in [0.25, 0.3) is 0 Å². The molecule has 1 aliphatic rings. The fourth-order valence-corrected chi connectivity index (χ4v) is 2.88. The third kappa shape index (κ3) is 3.72. The van der Waals surface area contributed by atoms with Crippen LogP contribution in [0.2, 0.25) is 0 Å². The van der Waals surface area contributed by atoms with Gasteiger partial charge in [0.1, 0.15) is 5.76 Å². The molecule has 1 saturated heterocycles. The molecule has 1 fully saturated rings. The molecule has 24 heavy (non-hydrogen) atoms. The summed E-state index contributed by atoms with van der Waals surface area (Å²) in [5.41, 5.74) is 2.55. The minimum absolute atomic E-state index is 0.113. The number of carbonyl (C=O) groups is 1. The Morgan fingerprint density at radius 2 is 2.17 bits per heavy atom. The van der Waals surface area contributed by atoms with Crippen molar-refractivity contribution >= 4 is 5.91 Å². The molecule has 2 aromatic rings. The smallest absolute Gasteiger partial charge is 0.233 e. The van der Waals surface area contributed by atoms with Crippen molar-refractivity contribution in [2.45, 2.75) is 33.6 Å². The van der Waals surface area contributed by atoms with E-state index in [0.717, 1.165) is 35.7 Å². The van der Waals surface area contributed by atoms with Gasteiger partial charge >= 0.3 is 0 Å². The number of hydrogen-bond acceptors (Lipinski definition) is 6. The standard InChI is InChI=1S/C17H22N4O3/c1-11-4-5-16(19-18-11)23-10-14-6-7-21(9-14)17(22)8-15-12(2)20-24-13(15)3/h4-5,14H,6-10H2,1-3H3. The molecular weight excluding hydrogens is 308 g/mol. The summed E-state index contributed by atoms with van der Waals surface area (Å²) < 4.78 is 10.8. The van der Waals surface area contributed by atoms with Gasteiger partial charge in [-0.3, -0.25) is 4.79 Å². The van der Waals surface area contributed by atoms with E-state index in [1.54, 1.807) is 0 Å². The van der Waals surface area contributed by atoms with Crippen LogP contribution in [0.1, 0.15) is 29.1 Å². The maximum Gasteiger partial charge on any atom is 0.233 e. The van der Waals surface area contributed by atoms with Crippen molar-refractivity contribution in [3.05, 3.63) is 34.8 Å². The largest absolute Gasteiger partial charge is 0.476 e. The van der Waals surface area contributed by atoms with Gasteiger partial charge in [0.25, 0.3) is 0 Å². The van der Waals surface area contributed by atoms with Gasteiger partial charge in [0.15, 0.2) is 0 Å². The van der Waals surface area contributed by atoms with E-state index < -0.39 is 0 Å². The number of rotatable bonds is 5. The summed E-state index contributed by atoms with van der Waals surface area (Å²) in [6.07, 6.45) is 1.28. The van der Waals surface area contributed by atoms with Crippen LogP contribution in [0, 0.1) is 26.7 Å². The summed E-state index contributed by atoms with van der Waals surface area (Å²) in [6, 6.07) is 3.69. The molecule has 0 saturated carbocycles. The first-order chi connectivity index (χ1) is 11.5. The van der Waals surface area contributed by atoms with Crippen molar-refractivity contribution in [3.63, 3.8) is 0 Å². The molecule has 7 heteroatoms. The number of amides is 1. The van der Waals surface area contributed by atoms with Crippen molar-refractivity contribution in [2.24, 2.45) is 5.92 Å². The first-order valence-corrected chi connectivity index (χ1v) is 8.15. The Morgan fingerprint density at radius 1 is 1.33 bits per heavy atom. The Labute approximate surface area is 141 Å². The van der Waals surface area contributed by atoms with Gasteiger partial charge in [0.05, 0.1) is 24.4 Å². The maximum atomic E-state index is 12.5. The molecule has 3 rings (SSSR count). The highest BCUT2D eigenvalue weighted by Crippen LogP contribution is 2.20. The summed E-state index contributed by atoms with van der Waals surface area (Å²) in [7, 11) is 0. The summed E-state index contributed by atoms with van der Waals surface area (Å²) >= 11 is 0. The average Bonchev–Trinajstić information content (AvgIpc) is 3.16. The molecule has 0 aromatic carbocycles. The minimum Gasteiger partial charge on any atom is -0.476 e. The van der Waals surface area contributed by atoms with E-state index >= 15 is 0 Å². The molecule has 1 atom stereocenters. The molecule has 7 nitrogen and oxygen atoms in total. The number of ether oxygens (including phenoxy) is 1. The predicted molar refractivity (Wildman–Crippen MR) is 86.6 cm³/mol. The number of hydrogen-bond donors (Lipinski definition) is 0. The van der Waals surface area contributed by atoms with E-state index in [1.807, 2.05) is 37.8 Å². The normalized spacial score (nSPS) is 17.3. The van der Waals surface area contributed by atoms with Crippen molar-refractivity contribution in [2.75, 3.05) is 19.7 Å². The Kier molecular flexibility index (Phi) is 4.78. The van der Waals surface area contributed by atoms with Crippen LogP contribution in [-0.2, 0) is 11.2 Å². The van der Waals surface area contributed by atoms with E-state index in [1.165, 1.54) is 0 Å². The van der Waals surface area contributed by atoms with Gasteiger partial charge in [-0.05, 0) is 33.3 Å². The van der Waals surface area contributed by atoms with Gasteiger partial charge < -0.3 is 14.2 Å². The highest BCUT2D eigenvalue weighted by molar-refractivity contribution is 5.79. The molecule has 1 aliphatic heterocycles. The van der Waals surface area contributed by atoms with Crippen molar-refractivity contribution < 1.29 is 14.1 Å². The van der Waals surface area contributed by atoms with E-state index in [9.17, 15) is 4.79 Å². The third-order valence-electron chi connectivity index (χ3n) is 4.39. The lowest BCUT2D eigenvalue weighted by Crippen LogP contribution is -2.31. The molecule has 0 bridgehead atoms. The molecule has 1 unspecified atom stereocenters. The SMILES string of the molecule is Cc1ccc(OCC2CCN(C(=O)Cc3c(C)noc3C)C2)nn1. The van der Waals surface area contributed by atoms with Crippen LogP contribution in [0.5, 0.6) is 5.88 Å². The lowest BCUT2D eigenvalue weighted by atomic mass is 10.1. The van der Waals surface area contributed by atoms with Crippen LogP contribution >= 0.6 is 0 Å². The average molecular weight is 330 g/mol. The summed E-state index contributed by atoms with van der Waals surface area (Å²) in [4.78, 5) is 14.4. The quantitative estimate of drug-likeness (QED) is 0.832. The summed E-state index contributed by atoms with van der Waals surface area (Å²) in [5.74, 6) is 1.68. The minimum atomic E-state index is 0.113. The second kappa shape index (κ2) is 6.98. The highest BCUT2D eigenvalue weighted by atomic mass is 16.5. The monoisotopic (exact) mass is 330 g/mol. The lowest BCUT2D eigenvalue weighted by molar-refractivity contribution is -0.129. The number of likely N-dealkylation sites (tertiary alicyclic amines) is 1. The fraction of sp³-hybridized carbons (Fsp3) is 0.529. The summed E-state index contributed by atoms with van der Waals surface area (Å²) in [6.45, 7) is 7.61. The number of nitrogens with zero attached hydrogens (tertiary/aromatic N) is 4.